The number of benzene rings is 2. The number of aromatic amines is 1. The molecule has 2 amide bonds. The van der Waals surface area contributed by atoms with E-state index >= 15 is 0 Å². The second-order valence-corrected chi connectivity index (χ2v) is 7.27. The lowest BCUT2D eigenvalue weighted by Crippen LogP contribution is -2.23. The predicted molar refractivity (Wildman–Crippen MR) is 116 cm³/mol. The lowest BCUT2D eigenvalue weighted by Gasteiger charge is -2.06. The van der Waals surface area contributed by atoms with Crippen LogP contribution in [0.3, 0.4) is 0 Å². The van der Waals surface area contributed by atoms with E-state index in [0.717, 1.165) is 23.1 Å². The SMILES string of the molecule is Cc1[nH]c(/C=C2\C(=O)Nc3ccc(C=O)cc32)c(C)c1C(=O)NCc1ccccc1. The van der Waals surface area contributed by atoms with E-state index in [1.165, 1.54) is 0 Å². The molecule has 0 bridgehead atoms. The van der Waals surface area contributed by atoms with E-state index < -0.39 is 0 Å². The summed E-state index contributed by atoms with van der Waals surface area (Å²) < 4.78 is 0. The monoisotopic (exact) mass is 399 g/mol. The molecule has 1 aliphatic rings. The van der Waals surface area contributed by atoms with Crippen molar-refractivity contribution < 1.29 is 14.4 Å². The van der Waals surface area contributed by atoms with Gasteiger partial charge in [0.05, 0.1) is 11.1 Å². The lowest BCUT2D eigenvalue weighted by atomic mass is 10.0. The van der Waals surface area contributed by atoms with Crippen molar-refractivity contribution in [3.8, 4) is 0 Å². The van der Waals surface area contributed by atoms with E-state index in [0.29, 0.717) is 40.2 Å². The molecule has 0 saturated carbocycles. The van der Waals surface area contributed by atoms with Crippen molar-refractivity contribution in [1.82, 2.24) is 10.3 Å². The van der Waals surface area contributed by atoms with E-state index in [1.807, 2.05) is 44.2 Å². The number of amides is 2. The van der Waals surface area contributed by atoms with Crippen molar-refractivity contribution in [1.29, 1.82) is 0 Å². The Morgan fingerprint density at radius 3 is 2.60 bits per heavy atom. The molecule has 0 fully saturated rings. The van der Waals surface area contributed by atoms with Gasteiger partial charge >= 0.3 is 0 Å². The largest absolute Gasteiger partial charge is 0.358 e. The number of rotatable bonds is 5. The first-order chi connectivity index (χ1) is 14.5. The fourth-order valence-corrected chi connectivity index (χ4v) is 3.69. The Hall–Kier alpha value is -3.93. The summed E-state index contributed by atoms with van der Waals surface area (Å²) in [5.74, 6) is -0.413. The van der Waals surface area contributed by atoms with E-state index in [9.17, 15) is 14.4 Å². The highest BCUT2D eigenvalue weighted by atomic mass is 16.2. The fraction of sp³-hybridized carbons (Fsp3) is 0.125. The maximum absolute atomic E-state index is 12.8. The molecule has 3 N–H and O–H groups in total. The Labute approximate surface area is 174 Å². The molecule has 4 rings (SSSR count). The molecular formula is C24H21N3O3. The predicted octanol–water partition coefficient (Wildman–Crippen LogP) is 3.87. The maximum Gasteiger partial charge on any atom is 0.256 e. The van der Waals surface area contributed by atoms with Crippen LogP contribution < -0.4 is 10.6 Å². The third-order valence-corrected chi connectivity index (χ3v) is 5.25. The van der Waals surface area contributed by atoms with Crippen LogP contribution in [0.25, 0.3) is 11.6 Å². The highest BCUT2D eigenvalue weighted by Gasteiger charge is 2.26. The van der Waals surface area contributed by atoms with Gasteiger partial charge in [-0.3, -0.25) is 14.4 Å². The van der Waals surface area contributed by atoms with Gasteiger partial charge in [-0.15, -0.1) is 0 Å². The quantitative estimate of drug-likeness (QED) is 0.449. The average molecular weight is 399 g/mol. The molecule has 0 atom stereocenters. The van der Waals surface area contributed by atoms with Crippen LogP contribution in [-0.2, 0) is 11.3 Å². The Balaban J connectivity index is 1.64. The molecule has 0 saturated heterocycles. The molecule has 0 radical (unpaired) electrons. The summed E-state index contributed by atoms with van der Waals surface area (Å²) in [5.41, 5.74) is 6.05. The summed E-state index contributed by atoms with van der Waals surface area (Å²) in [6.45, 7) is 4.12. The number of H-pyrrole nitrogens is 1. The summed E-state index contributed by atoms with van der Waals surface area (Å²) in [7, 11) is 0. The molecule has 0 aliphatic carbocycles. The molecule has 1 aromatic heterocycles. The molecule has 3 aromatic rings. The molecule has 6 heteroatoms. The van der Waals surface area contributed by atoms with Crippen molar-refractivity contribution in [2.75, 3.05) is 5.32 Å². The second kappa shape index (κ2) is 7.83. The molecule has 0 spiro atoms. The molecule has 30 heavy (non-hydrogen) atoms. The zero-order valence-corrected chi connectivity index (χ0v) is 16.7. The van der Waals surface area contributed by atoms with Gasteiger partial charge in [0, 0.05) is 34.7 Å². The van der Waals surface area contributed by atoms with Crippen molar-refractivity contribution in [2.24, 2.45) is 0 Å². The number of fused-ring (bicyclic) bond motifs is 1. The third-order valence-electron chi connectivity index (χ3n) is 5.25. The Morgan fingerprint density at radius 2 is 1.87 bits per heavy atom. The standard InChI is InChI=1S/C24H21N3O3/c1-14-21(11-19-18-10-17(13-28)8-9-20(18)27-23(19)29)26-15(2)22(14)24(30)25-12-16-6-4-3-5-7-16/h3-11,13,26H,12H2,1-2H3,(H,25,30)(H,27,29)/b19-11-. The zero-order valence-electron chi connectivity index (χ0n) is 16.7. The van der Waals surface area contributed by atoms with Gasteiger partial charge in [0.15, 0.2) is 0 Å². The fourth-order valence-electron chi connectivity index (χ4n) is 3.69. The number of aryl methyl sites for hydroxylation is 1. The highest BCUT2D eigenvalue weighted by molar-refractivity contribution is 6.35. The van der Waals surface area contributed by atoms with E-state index in [4.69, 9.17) is 0 Å². The second-order valence-electron chi connectivity index (χ2n) is 7.27. The van der Waals surface area contributed by atoms with Crippen molar-refractivity contribution in [3.05, 3.63) is 87.7 Å². The molecule has 0 unspecified atom stereocenters. The lowest BCUT2D eigenvalue weighted by molar-refractivity contribution is -0.110. The van der Waals surface area contributed by atoms with Crippen LogP contribution in [0, 0.1) is 13.8 Å². The molecular weight excluding hydrogens is 378 g/mol. The number of hydrogen-bond acceptors (Lipinski definition) is 3. The van der Waals surface area contributed by atoms with Crippen LogP contribution in [0.5, 0.6) is 0 Å². The maximum atomic E-state index is 12.8. The number of aromatic nitrogens is 1. The van der Waals surface area contributed by atoms with Gasteiger partial charge in [-0.05, 0) is 49.2 Å². The van der Waals surface area contributed by atoms with Crippen LogP contribution in [-0.4, -0.2) is 23.1 Å². The van der Waals surface area contributed by atoms with Crippen LogP contribution >= 0.6 is 0 Å². The number of carbonyl (C=O) groups is 3. The first-order valence-corrected chi connectivity index (χ1v) is 9.62. The summed E-state index contributed by atoms with van der Waals surface area (Å²) >= 11 is 0. The van der Waals surface area contributed by atoms with Crippen molar-refractivity contribution in [2.45, 2.75) is 20.4 Å². The summed E-state index contributed by atoms with van der Waals surface area (Å²) in [6.07, 6.45) is 2.48. The Bertz CT molecular complexity index is 1190. The average Bonchev–Trinajstić information content (AvgIpc) is 3.21. The summed E-state index contributed by atoms with van der Waals surface area (Å²) in [6, 6.07) is 14.8. The molecule has 6 nitrogen and oxygen atoms in total. The highest BCUT2D eigenvalue weighted by Crippen LogP contribution is 2.34. The zero-order chi connectivity index (χ0) is 21.3. The summed E-state index contributed by atoms with van der Waals surface area (Å²) in [5, 5.41) is 5.75. The minimum absolute atomic E-state index is 0.172. The normalized spacial score (nSPS) is 13.8. The van der Waals surface area contributed by atoms with Gasteiger partial charge in [-0.1, -0.05) is 30.3 Å². The van der Waals surface area contributed by atoms with Gasteiger partial charge in [-0.25, -0.2) is 0 Å². The van der Waals surface area contributed by atoms with Crippen LogP contribution in [0.1, 0.15) is 48.8 Å². The summed E-state index contributed by atoms with van der Waals surface area (Å²) in [4.78, 5) is 39.6. The Kier molecular flexibility index (Phi) is 5.06. The van der Waals surface area contributed by atoms with Crippen molar-refractivity contribution >= 4 is 35.4 Å². The number of aldehydes is 1. The molecule has 1 aliphatic heterocycles. The minimum Gasteiger partial charge on any atom is -0.358 e. The first-order valence-electron chi connectivity index (χ1n) is 9.62. The van der Waals surface area contributed by atoms with E-state index in [-0.39, 0.29) is 11.8 Å². The molecule has 2 heterocycles. The number of carbonyl (C=O) groups excluding carboxylic acids is 3. The third kappa shape index (κ3) is 3.55. The number of nitrogens with one attached hydrogen (secondary N) is 3. The van der Waals surface area contributed by atoms with Crippen LogP contribution in [0.4, 0.5) is 5.69 Å². The molecule has 2 aromatic carbocycles. The number of hydrogen-bond donors (Lipinski definition) is 3. The van der Waals surface area contributed by atoms with E-state index in [1.54, 1.807) is 24.3 Å². The van der Waals surface area contributed by atoms with Crippen LogP contribution in [0.15, 0.2) is 48.5 Å². The number of anilines is 1. The van der Waals surface area contributed by atoms with Crippen molar-refractivity contribution in [3.63, 3.8) is 0 Å². The van der Waals surface area contributed by atoms with Gasteiger partial charge in [0.2, 0.25) is 0 Å². The van der Waals surface area contributed by atoms with Gasteiger partial charge in [-0.2, -0.15) is 0 Å². The van der Waals surface area contributed by atoms with E-state index in [2.05, 4.69) is 15.6 Å². The topological polar surface area (TPSA) is 91.1 Å². The van der Waals surface area contributed by atoms with Gasteiger partial charge in [0.1, 0.15) is 6.29 Å². The Morgan fingerprint density at radius 1 is 1.10 bits per heavy atom. The first kappa shape index (κ1) is 19.4. The molecule has 150 valence electrons. The van der Waals surface area contributed by atoms with Gasteiger partial charge < -0.3 is 15.6 Å². The smallest absolute Gasteiger partial charge is 0.256 e. The van der Waals surface area contributed by atoms with Gasteiger partial charge in [0.25, 0.3) is 11.8 Å². The minimum atomic E-state index is -0.241. The van der Waals surface area contributed by atoms with Crippen LogP contribution in [0.2, 0.25) is 0 Å².